The molecule has 0 bridgehead atoms. The number of esters is 2. The molecule has 0 fully saturated rings. The molecule has 0 aliphatic heterocycles. The van der Waals surface area contributed by atoms with E-state index < -0.39 is 18.1 Å². The van der Waals surface area contributed by atoms with Gasteiger partial charge in [-0.05, 0) is 51.4 Å². The Labute approximate surface area is 275 Å². The number of aliphatic carboxylic acids is 1. The Balaban J connectivity index is 4.51. The van der Waals surface area contributed by atoms with Crippen molar-refractivity contribution in [1.29, 1.82) is 0 Å². The molecule has 2 unspecified atom stereocenters. The van der Waals surface area contributed by atoms with Crippen molar-refractivity contribution in [1.82, 2.24) is 0 Å². The van der Waals surface area contributed by atoms with Crippen LogP contribution in [0.1, 0.15) is 142 Å². The first-order valence-electron chi connectivity index (χ1n) is 17.9. The van der Waals surface area contributed by atoms with E-state index in [1.165, 1.54) is 57.8 Å². The van der Waals surface area contributed by atoms with Crippen LogP contribution in [0.15, 0.2) is 24.3 Å². The number of allylic oxidation sites excluding steroid dienone is 4. The number of hydrogen-bond donors (Lipinski definition) is 0. The summed E-state index contributed by atoms with van der Waals surface area (Å²) in [4.78, 5) is 36.4. The van der Waals surface area contributed by atoms with E-state index >= 15 is 0 Å². The number of quaternary nitrogens is 1. The Morgan fingerprint density at radius 2 is 1.16 bits per heavy atom. The fourth-order valence-electron chi connectivity index (χ4n) is 4.96. The summed E-state index contributed by atoms with van der Waals surface area (Å²) in [5.41, 5.74) is 0. The van der Waals surface area contributed by atoms with Crippen molar-refractivity contribution in [3.63, 3.8) is 0 Å². The lowest BCUT2D eigenvalue weighted by Crippen LogP contribution is -2.55. The van der Waals surface area contributed by atoms with Crippen LogP contribution in [-0.2, 0) is 28.6 Å². The van der Waals surface area contributed by atoms with Crippen LogP contribution in [0, 0.1) is 0 Å². The van der Waals surface area contributed by atoms with Crippen LogP contribution < -0.4 is 5.11 Å². The molecule has 0 N–H and O–H groups in total. The molecule has 8 heteroatoms. The van der Waals surface area contributed by atoms with E-state index in [9.17, 15) is 19.5 Å². The summed E-state index contributed by atoms with van der Waals surface area (Å²) in [7, 11) is 5.37. The quantitative estimate of drug-likeness (QED) is 0.0342. The maximum atomic E-state index is 12.6. The van der Waals surface area contributed by atoms with Crippen LogP contribution in [0.2, 0.25) is 0 Å². The number of hydrogen-bond acceptors (Lipinski definition) is 7. The lowest BCUT2D eigenvalue weighted by atomic mass is 10.1. The third-order valence-electron chi connectivity index (χ3n) is 7.82. The number of carboxylic acids is 1. The molecule has 0 saturated heterocycles. The second-order valence-electron chi connectivity index (χ2n) is 13.1. The summed E-state index contributed by atoms with van der Waals surface area (Å²) in [6, 6.07) is -0.728. The van der Waals surface area contributed by atoms with Crippen LogP contribution in [0.3, 0.4) is 0 Å². The molecule has 45 heavy (non-hydrogen) atoms. The highest BCUT2D eigenvalue weighted by atomic mass is 16.6. The smallest absolute Gasteiger partial charge is 0.306 e. The minimum atomic E-state index is -1.13. The molecular weight excluding hydrogens is 570 g/mol. The molecule has 0 aromatic heterocycles. The molecule has 0 aliphatic carbocycles. The SMILES string of the molecule is CCCCCC/C=C/CCC(=O)OCC(COCCC(C(=O)[O-])[N+](C)(C)C)OC(=O)CCCCC/C=C/CCCCCCCC. The summed E-state index contributed by atoms with van der Waals surface area (Å²) in [6.45, 7) is 4.52. The van der Waals surface area contributed by atoms with Gasteiger partial charge in [0.25, 0.3) is 0 Å². The molecule has 0 aromatic carbocycles. The minimum absolute atomic E-state index is 0.0248. The Hall–Kier alpha value is -2.19. The first kappa shape index (κ1) is 42.8. The van der Waals surface area contributed by atoms with Crippen molar-refractivity contribution in [2.45, 2.75) is 154 Å². The zero-order valence-electron chi connectivity index (χ0n) is 29.5. The van der Waals surface area contributed by atoms with E-state index in [2.05, 4.69) is 32.1 Å². The Bertz CT molecular complexity index is 803. The van der Waals surface area contributed by atoms with Gasteiger partial charge in [0.15, 0.2) is 6.10 Å². The molecule has 0 rings (SSSR count). The standard InChI is InChI=1S/C37H67NO7/c1-6-8-10-12-14-16-17-18-19-20-22-24-26-28-36(40)45-33(31-43-30-29-34(37(41)42)38(3,4)5)32-44-35(39)27-25-23-21-15-13-11-9-7-2/h18-19,21,23,33-34H,6-17,20,22,24-32H2,1-5H3/b19-18+,23-21+. The highest BCUT2D eigenvalue weighted by molar-refractivity contribution is 5.70. The highest BCUT2D eigenvalue weighted by Crippen LogP contribution is 2.11. The minimum Gasteiger partial charge on any atom is -0.544 e. The molecular formula is C37H67NO7. The molecule has 0 aliphatic rings. The van der Waals surface area contributed by atoms with Gasteiger partial charge in [-0.25, -0.2) is 0 Å². The van der Waals surface area contributed by atoms with Crippen LogP contribution in [0.4, 0.5) is 0 Å². The summed E-state index contributed by atoms with van der Waals surface area (Å²) < 4.78 is 16.9. The van der Waals surface area contributed by atoms with Crippen molar-refractivity contribution in [2.75, 3.05) is 41.0 Å². The van der Waals surface area contributed by atoms with Crippen molar-refractivity contribution in [3.05, 3.63) is 24.3 Å². The molecule has 0 aromatic rings. The van der Waals surface area contributed by atoms with E-state index in [0.29, 0.717) is 12.8 Å². The predicted molar refractivity (Wildman–Crippen MR) is 180 cm³/mol. The van der Waals surface area contributed by atoms with Crippen molar-refractivity contribution < 1.29 is 38.2 Å². The molecule has 0 saturated carbocycles. The third kappa shape index (κ3) is 27.8. The topological polar surface area (TPSA) is 102 Å². The van der Waals surface area contributed by atoms with E-state index in [-0.39, 0.29) is 49.1 Å². The molecule has 262 valence electrons. The first-order valence-corrected chi connectivity index (χ1v) is 17.9. The monoisotopic (exact) mass is 637 g/mol. The van der Waals surface area contributed by atoms with E-state index in [1.807, 2.05) is 6.08 Å². The van der Waals surface area contributed by atoms with Gasteiger partial charge < -0.3 is 28.6 Å². The van der Waals surface area contributed by atoms with Gasteiger partial charge >= 0.3 is 11.9 Å². The zero-order valence-corrected chi connectivity index (χ0v) is 29.5. The fraction of sp³-hybridized carbons (Fsp3) is 0.811. The van der Waals surface area contributed by atoms with Crippen LogP contribution in [0.25, 0.3) is 0 Å². The largest absolute Gasteiger partial charge is 0.544 e. The average molecular weight is 638 g/mol. The van der Waals surface area contributed by atoms with Crippen molar-refractivity contribution in [3.8, 4) is 0 Å². The number of carboxylic acid groups (broad SMARTS) is 1. The van der Waals surface area contributed by atoms with Crippen LogP contribution >= 0.6 is 0 Å². The Morgan fingerprint density at radius 1 is 0.644 bits per heavy atom. The third-order valence-corrected chi connectivity index (χ3v) is 7.82. The summed E-state index contributed by atoms with van der Waals surface area (Å²) in [5.74, 6) is -1.83. The molecule has 0 radical (unpaired) electrons. The first-order chi connectivity index (χ1) is 21.6. The van der Waals surface area contributed by atoms with Gasteiger partial charge in [0, 0.05) is 19.3 Å². The van der Waals surface area contributed by atoms with Crippen molar-refractivity contribution in [2.24, 2.45) is 0 Å². The molecule has 0 amide bonds. The predicted octanol–water partition coefficient (Wildman–Crippen LogP) is 7.24. The van der Waals surface area contributed by atoms with Gasteiger partial charge in [-0.15, -0.1) is 0 Å². The van der Waals surface area contributed by atoms with Gasteiger partial charge in [0.05, 0.1) is 40.3 Å². The molecule has 2 atom stereocenters. The highest BCUT2D eigenvalue weighted by Gasteiger charge is 2.25. The van der Waals surface area contributed by atoms with E-state index in [4.69, 9.17) is 14.2 Å². The fourth-order valence-corrected chi connectivity index (χ4v) is 4.96. The second-order valence-corrected chi connectivity index (χ2v) is 13.1. The van der Waals surface area contributed by atoms with E-state index in [0.717, 1.165) is 44.9 Å². The second kappa shape index (κ2) is 29.2. The number of nitrogens with zero attached hydrogens (tertiary/aromatic N) is 1. The Kier molecular flexibility index (Phi) is 27.8. The average Bonchev–Trinajstić information content (AvgIpc) is 2.98. The number of likely N-dealkylation sites (N-methyl/N-ethyl adjacent to an activating group) is 1. The number of unbranched alkanes of at least 4 members (excludes halogenated alkanes) is 13. The van der Waals surface area contributed by atoms with Crippen molar-refractivity contribution >= 4 is 17.9 Å². The maximum absolute atomic E-state index is 12.6. The van der Waals surface area contributed by atoms with Gasteiger partial charge in [-0.3, -0.25) is 9.59 Å². The lowest BCUT2D eigenvalue weighted by Gasteiger charge is -2.34. The number of ether oxygens (including phenoxy) is 3. The number of carbonyl (C=O) groups excluding carboxylic acids is 3. The normalized spacial score (nSPS) is 13.4. The van der Waals surface area contributed by atoms with E-state index in [1.54, 1.807) is 21.1 Å². The zero-order chi connectivity index (χ0) is 33.6. The van der Waals surface area contributed by atoms with Gasteiger partial charge in [0.2, 0.25) is 0 Å². The van der Waals surface area contributed by atoms with Gasteiger partial charge in [-0.2, -0.15) is 0 Å². The molecule has 0 heterocycles. The summed E-state index contributed by atoms with van der Waals surface area (Å²) >= 11 is 0. The summed E-state index contributed by atoms with van der Waals surface area (Å²) in [6.07, 6.45) is 28.0. The number of rotatable bonds is 31. The van der Waals surface area contributed by atoms with Crippen LogP contribution in [0.5, 0.6) is 0 Å². The molecule has 8 nitrogen and oxygen atoms in total. The summed E-state index contributed by atoms with van der Waals surface area (Å²) in [5, 5.41) is 11.5. The van der Waals surface area contributed by atoms with Crippen LogP contribution in [-0.4, -0.2) is 75.5 Å². The molecule has 0 spiro atoms. The number of carbonyl (C=O) groups is 3. The Morgan fingerprint density at radius 3 is 1.71 bits per heavy atom. The lowest BCUT2D eigenvalue weighted by molar-refractivity contribution is -0.889. The van der Waals surface area contributed by atoms with Gasteiger partial charge in [0.1, 0.15) is 12.6 Å². The maximum Gasteiger partial charge on any atom is 0.306 e. The van der Waals surface area contributed by atoms with Gasteiger partial charge in [-0.1, -0.05) is 95.9 Å².